The van der Waals surface area contributed by atoms with Gasteiger partial charge in [-0.05, 0) is 23.8 Å². The lowest BCUT2D eigenvalue weighted by Crippen LogP contribution is -2.47. The predicted molar refractivity (Wildman–Crippen MR) is 99.6 cm³/mol. The zero-order valence-corrected chi connectivity index (χ0v) is 15.5. The van der Waals surface area contributed by atoms with Gasteiger partial charge in [-0.1, -0.05) is 41.9 Å². The number of hydrogen-bond acceptors (Lipinski definition) is 3. The summed E-state index contributed by atoms with van der Waals surface area (Å²) in [6.07, 6.45) is 1.05. The van der Waals surface area contributed by atoms with E-state index in [1.54, 1.807) is 12.1 Å². The van der Waals surface area contributed by atoms with Gasteiger partial charge in [0.15, 0.2) is 5.72 Å². The fourth-order valence-electron chi connectivity index (χ4n) is 4.82. The topological polar surface area (TPSA) is 32.8 Å². The van der Waals surface area contributed by atoms with E-state index in [-0.39, 0.29) is 23.9 Å². The summed E-state index contributed by atoms with van der Waals surface area (Å²) in [7, 11) is 0. The average molecular weight is 387 g/mol. The SMILES string of the molecule is O=C1C[C@H]2N(Cc3cc(Cl)ccc3F)CC[C@]23O[C@H](c2ccccc2)CN13. The number of ether oxygens (including phenoxy) is 1. The molecule has 140 valence electrons. The molecule has 3 fully saturated rings. The predicted octanol–water partition coefficient (Wildman–Crippen LogP) is 3.75. The van der Waals surface area contributed by atoms with Crippen LogP contribution in [0, 0.1) is 5.82 Å². The second kappa shape index (κ2) is 6.30. The molecule has 0 radical (unpaired) electrons. The van der Waals surface area contributed by atoms with E-state index in [1.807, 2.05) is 35.2 Å². The molecule has 0 saturated carbocycles. The molecule has 1 amide bonds. The molecule has 1 spiro atoms. The fraction of sp³-hybridized carbons (Fsp3) is 0.381. The van der Waals surface area contributed by atoms with Crippen LogP contribution in [0.15, 0.2) is 48.5 Å². The van der Waals surface area contributed by atoms with E-state index in [9.17, 15) is 9.18 Å². The summed E-state index contributed by atoms with van der Waals surface area (Å²) in [5.74, 6) is -0.147. The maximum absolute atomic E-state index is 14.2. The van der Waals surface area contributed by atoms with E-state index in [0.717, 1.165) is 18.5 Å². The van der Waals surface area contributed by atoms with Crippen LogP contribution < -0.4 is 0 Å². The number of hydrogen-bond donors (Lipinski definition) is 0. The second-order valence-electron chi connectivity index (χ2n) is 7.54. The molecular weight excluding hydrogens is 367 g/mol. The molecule has 2 aromatic carbocycles. The smallest absolute Gasteiger partial charge is 0.226 e. The van der Waals surface area contributed by atoms with Crippen molar-refractivity contribution in [2.75, 3.05) is 13.1 Å². The normalized spacial score (nSPS) is 30.0. The van der Waals surface area contributed by atoms with Gasteiger partial charge in [0.25, 0.3) is 0 Å². The maximum atomic E-state index is 14.2. The number of carbonyl (C=O) groups excluding carboxylic acids is 1. The summed E-state index contributed by atoms with van der Waals surface area (Å²) in [6.45, 7) is 1.78. The molecular formula is C21H20ClFN2O2. The lowest BCUT2D eigenvalue weighted by Gasteiger charge is -2.32. The van der Waals surface area contributed by atoms with Crippen molar-refractivity contribution in [3.8, 4) is 0 Å². The highest BCUT2D eigenvalue weighted by Gasteiger charge is 2.63. The van der Waals surface area contributed by atoms with E-state index in [0.29, 0.717) is 30.1 Å². The fourth-order valence-corrected chi connectivity index (χ4v) is 5.02. The number of likely N-dealkylation sites (tertiary alicyclic amines) is 1. The van der Waals surface area contributed by atoms with Crippen LogP contribution >= 0.6 is 11.6 Å². The van der Waals surface area contributed by atoms with Crippen molar-refractivity contribution < 1.29 is 13.9 Å². The van der Waals surface area contributed by atoms with Gasteiger partial charge in [0, 0.05) is 36.5 Å². The number of amides is 1. The van der Waals surface area contributed by atoms with Crippen molar-refractivity contribution in [3.63, 3.8) is 0 Å². The van der Waals surface area contributed by atoms with Gasteiger partial charge in [-0.15, -0.1) is 0 Å². The molecule has 3 atom stereocenters. The number of rotatable bonds is 3. The van der Waals surface area contributed by atoms with E-state index < -0.39 is 5.72 Å². The summed E-state index contributed by atoms with van der Waals surface area (Å²) in [5.41, 5.74) is 1.06. The van der Waals surface area contributed by atoms with E-state index in [2.05, 4.69) is 4.90 Å². The second-order valence-corrected chi connectivity index (χ2v) is 7.98. The third-order valence-electron chi connectivity index (χ3n) is 6.09. The molecule has 3 heterocycles. The summed E-state index contributed by atoms with van der Waals surface area (Å²) in [4.78, 5) is 16.8. The maximum Gasteiger partial charge on any atom is 0.226 e. The van der Waals surface area contributed by atoms with Crippen LogP contribution in [0.3, 0.4) is 0 Å². The van der Waals surface area contributed by atoms with E-state index in [4.69, 9.17) is 16.3 Å². The summed E-state index contributed by atoms with van der Waals surface area (Å²) in [6, 6.07) is 14.6. The molecule has 3 saturated heterocycles. The van der Waals surface area contributed by atoms with Gasteiger partial charge >= 0.3 is 0 Å². The Hall–Kier alpha value is -1.95. The van der Waals surface area contributed by atoms with Gasteiger partial charge in [0.2, 0.25) is 5.91 Å². The molecule has 27 heavy (non-hydrogen) atoms. The quantitative estimate of drug-likeness (QED) is 0.805. The van der Waals surface area contributed by atoms with Crippen LogP contribution in [-0.2, 0) is 16.1 Å². The Morgan fingerprint density at radius 2 is 2.04 bits per heavy atom. The van der Waals surface area contributed by atoms with Crippen molar-refractivity contribution in [2.24, 2.45) is 0 Å². The highest BCUT2D eigenvalue weighted by Crippen LogP contribution is 2.50. The van der Waals surface area contributed by atoms with Crippen molar-refractivity contribution in [1.82, 2.24) is 9.80 Å². The highest BCUT2D eigenvalue weighted by molar-refractivity contribution is 6.30. The first-order chi connectivity index (χ1) is 13.1. The van der Waals surface area contributed by atoms with Crippen LogP contribution in [0.4, 0.5) is 4.39 Å². The summed E-state index contributed by atoms with van der Waals surface area (Å²) in [5, 5.41) is 0.519. The van der Waals surface area contributed by atoms with Gasteiger partial charge in [0.1, 0.15) is 11.9 Å². The first-order valence-corrected chi connectivity index (χ1v) is 9.66. The number of nitrogens with zero attached hydrogens (tertiary/aromatic N) is 2. The molecule has 0 aromatic heterocycles. The van der Waals surface area contributed by atoms with Gasteiger partial charge in [-0.25, -0.2) is 4.39 Å². The van der Waals surface area contributed by atoms with Crippen LogP contribution in [0.1, 0.15) is 30.1 Å². The number of carbonyl (C=O) groups is 1. The summed E-state index contributed by atoms with van der Waals surface area (Å²) >= 11 is 6.04. The lowest BCUT2D eigenvalue weighted by atomic mass is 10.1. The van der Waals surface area contributed by atoms with Crippen molar-refractivity contribution >= 4 is 17.5 Å². The van der Waals surface area contributed by atoms with Crippen molar-refractivity contribution in [2.45, 2.75) is 37.3 Å². The third kappa shape index (κ3) is 2.68. The van der Waals surface area contributed by atoms with Crippen molar-refractivity contribution in [1.29, 1.82) is 0 Å². The molecule has 5 rings (SSSR count). The Morgan fingerprint density at radius 1 is 1.22 bits per heavy atom. The van der Waals surface area contributed by atoms with Crippen LogP contribution in [0.5, 0.6) is 0 Å². The van der Waals surface area contributed by atoms with Crippen LogP contribution in [-0.4, -0.2) is 40.6 Å². The Balaban J connectivity index is 1.41. The lowest BCUT2D eigenvalue weighted by molar-refractivity contribution is -0.138. The van der Waals surface area contributed by atoms with Crippen LogP contribution in [0.2, 0.25) is 5.02 Å². The van der Waals surface area contributed by atoms with Crippen molar-refractivity contribution in [3.05, 3.63) is 70.5 Å². The average Bonchev–Trinajstić information content (AvgIpc) is 3.29. The highest BCUT2D eigenvalue weighted by atomic mass is 35.5. The molecule has 2 aromatic rings. The Bertz CT molecular complexity index is 893. The van der Waals surface area contributed by atoms with Gasteiger partial charge in [-0.2, -0.15) is 0 Å². The zero-order valence-electron chi connectivity index (χ0n) is 14.8. The molecule has 0 N–H and O–H groups in total. The standard InChI is InChI=1S/C21H20ClFN2O2/c22-16-6-7-17(23)15(10-16)12-24-9-8-21-19(24)11-20(26)25(21)13-18(27-21)14-4-2-1-3-5-14/h1-7,10,18-19H,8-9,11-13H2/t18-,19+,21-/m0/s1. The minimum absolute atomic E-state index is 0.0582. The molecule has 0 bridgehead atoms. The third-order valence-corrected chi connectivity index (χ3v) is 6.33. The van der Waals surface area contributed by atoms with E-state index >= 15 is 0 Å². The Morgan fingerprint density at radius 3 is 2.85 bits per heavy atom. The van der Waals surface area contributed by atoms with Gasteiger partial charge in [0.05, 0.1) is 12.6 Å². The van der Waals surface area contributed by atoms with Gasteiger partial charge < -0.3 is 9.64 Å². The summed E-state index contributed by atoms with van der Waals surface area (Å²) < 4.78 is 20.7. The minimum atomic E-state index is -0.591. The Labute approximate surface area is 162 Å². The monoisotopic (exact) mass is 386 g/mol. The van der Waals surface area contributed by atoms with Gasteiger partial charge in [-0.3, -0.25) is 9.69 Å². The first kappa shape index (κ1) is 17.2. The molecule has 3 aliphatic rings. The first-order valence-electron chi connectivity index (χ1n) is 9.28. The van der Waals surface area contributed by atoms with Crippen LogP contribution in [0.25, 0.3) is 0 Å². The molecule has 0 aliphatic carbocycles. The zero-order chi connectivity index (χ0) is 18.6. The minimum Gasteiger partial charge on any atom is -0.344 e. The largest absolute Gasteiger partial charge is 0.344 e. The molecule has 4 nitrogen and oxygen atoms in total. The molecule has 0 unspecified atom stereocenters. The molecule has 6 heteroatoms. The Kier molecular flexibility index (Phi) is 4.00. The number of benzene rings is 2. The number of halogens is 2. The van der Waals surface area contributed by atoms with E-state index in [1.165, 1.54) is 6.07 Å². The molecule has 3 aliphatic heterocycles.